The molecule has 2 aromatic heterocycles. The highest BCUT2D eigenvalue weighted by molar-refractivity contribution is 5.95. The van der Waals surface area contributed by atoms with Gasteiger partial charge in [0.15, 0.2) is 0 Å². The Kier molecular flexibility index (Phi) is 5.54. The van der Waals surface area contributed by atoms with Crippen LogP contribution in [0.25, 0.3) is 22.2 Å². The summed E-state index contributed by atoms with van der Waals surface area (Å²) in [5.41, 5.74) is 3.45. The number of aromatic nitrogens is 2. The van der Waals surface area contributed by atoms with Crippen molar-refractivity contribution in [3.05, 3.63) is 65.9 Å². The molecule has 1 aliphatic heterocycles. The number of hydrogen-bond donors (Lipinski definition) is 1. The summed E-state index contributed by atoms with van der Waals surface area (Å²) < 4.78 is 21.2. The van der Waals surface area contributed by atoms with E-state index in [4.69, 9.17) is 4.74 Å². The van der Waals surface area contributed by atoms with Crippen LogP contribution >= 0.6 is 0 Å². The van der Waals surface area contributed by atoms with E-state index in [1.807, 2.05) is 37.6 Å². The number of amides is 1. The average Bonchev–Trinajstić information content (AvgIpc) is 3.12. The molecule has 1 aromatic carbocycles. The Bertz CT molecular complexity index is 1160. The van der Waals surface area contributed by atoms with E-state index in [2.05, 4.69) is 11.1 Å². The maximum Gasteiger partial charge on any atom is 0.410 e. The van der Waals surface area contributed by atoms with Gasteiger partial charge in [0, 0.05) is 42.0 Å². The fourth-order valence-corrected chi connectivity index (χ4v) is 3.87. The SMILES string of the molecule is CC(C)(C)OC(=O)N1CCC=C(c2cn(-c3ccc(F)cc3CO)c3cnccc23)C1. The summed E-state index contributed by atoms with van der Waals surface area (Å²) in [6.07, 6.45) is 7.97. The van der Waals surface area contributed by atoms with Crippen LogP contribution in [0.1, 0.15) is 38.3 Å². The number of pyridine rings is 1. The lowest BCUT2D eigenvalue weighted by Crippen LogP contribution is -2.39. The van der Waals surface area contributed by atoms with E-state index in [0.29, 0.717) is 24.3 Å². The highest BCUT2D eigenvalue weighted by Gasteiger charge is 2.26. The van der Waals surface area contributed by atoms with Crippen LogP contribution in [0.2, 0.25) is 0 Å². The van der Waals surface area contributed by atoms with Crippen LogP contribution in [0.5, 0.6) is 0 Å². The number of fused-ring (bicyclic) bond motifs is 1. The molecule has 4 rings (SSSR count). The van der Waals surface area contributed by atoms with Crippen LogP contribution in [-0.4, -0.2) is 44.3 Å². The Labute approximate surface area is 180 Å². The molecule has 0 spiro atoms. The summed E-state index contributed by atoms with van der Waals surface area (Å²) in [6.45, 7) is 6.32. The summed E-state index contributed by atoms with van der Waals surface area (Å²) in [6, 6.07) is 6.29. The summed E-state index contributed by atoms with van der Waals surface area (Å²) in [5, 5.41) is 10.7. The van der Waals surface area contributed by atoms with Gasteiger partial charge in [-0.05, 0) is 57.0 Å². The van der Waals surface area contributed by atoms with Crippen molar-refractivity contribution in [2.45, 2.75) is 39.4 Å². The fourth-order valence-electron chi connectivity index (χ4n) is 3.87. The molecule has 0 atom stereocenters. The van der Waals surface area contributed by atoms with E-state index in [0.717, 1.165) is 28.5 Å². The standard InChI is InChI=1S/C24H26FN3O3/c1-24(2,3)31-23(30)27-10-4-5-16(13-27)20-14-28(22-12-26-9-8-19(20)22)21-7-6-18(25)11-17(21)15-29/h5-9,11-12,14,29H,4,10,13,15H2,1-3H3. The third-order valence-electron chi connectivity index (χ3n) is 5.23. The Morgan fingerprint density at radius 2 is 2.10 bits per heavy atom. The van der Waals surface area contributed by atoms with Crippen LogP contribution in [0, 0.1) is 5.82 Å². The summed E-state index contributed by atoms with van der Waals surface area (Å²) in [5.74, 6) is -0.398. The zero-order chi connectivity index (χ0) is 22.2. The minimum Gasteiger partial charge on any atom is -0.444 e. The number of halogens is 1. The summed E-state index contributed by atoms with van der Waals surface area (Å²) in [4.78, 5) is 18.6. The van der Waals surface area contributed by atoms with Gasteiger partial charge in [0.05, 0.1) is 24.0 Å². The van der Waals surface area contributed by atoms with Gasteiger partial charge in [-0.2, -0.15) is 0 Å². The van der Waals surface area contributed by atoms with Gasteiger partial charge < -0.3 is 19.3 Å². The molecule has 3 aromatic rings. The van der Waals surface area contributed by atoms with Gasteiger partial charge in [-0.15, -0.1) is 0 Å². The largest absolute Gasteiger partial charge is 0.444 e. The lowest BCUT2D eigenvalue weighted by atomic mass is 10.0. The Balaban J connectivity index is 1.75. The number of rotatable bonds is 3. The third-order valence-corrected chi connectivity index (χ3v) is 5.23. The quantitative estimate of drug-likeness (QED) is 0.664. The Morgan fingerprint density at radius 3 is 2.84 bits per heavy atom. The lowest BCUT2D eigenvalue weighted by Gasteiger charge is -2.30. The summed E-state index contributed by atoms with van der Waals surface area (Å²) in [7, 11) is 0. The maximum absolute atomic E-state index is 13.7. The van der Waals surface area contributed by atoms with Crippen LogP contribution in [-0.2, 0) is 11.3 Å². The maximum atomic E-state index is 13.7. The molecule has 3 heterocycles. The topological polar surface area (TPSA) is 67.6 Å². The molecule has 0 saturated heterocycles. The van der Waals surface area contributed by atoms with E-state index in [1.165, 1.54) is 12.1 Å². The number of aliphatic hydroxyl groups is 1. The van der Waals surface area contributed by atoms with Gasteiger partial charge in [0.2, 0.25) is 0 Å². The first-order valence-corrected chi connectivity index (χ1v) is 10.3. The number of benzene rings is 1. The molecule has 0 saturated carbocycles. The van der Waals surface area contributed by atoms with E-state index in [9.17, 15) is 14.3 Å². The smallest absolute Gasteiger partial charge is 0.410 e. The molecule has 1 N–H and O–H groups in total. The first-order valence-electron chi connectivity index (χ1n) is 10.3. The second kappa shape index (κ2) is 8.15. The minimum atomic E-state index is -0.552. The molecule has 0 radical (unpaired) electrons. The van der Waals surface area contributed by atoms with Gasteiger partial charge in [-0.25, -0.2) is 9.18 Å². The number of aliphatic hydroxyl groups excluding tert-OH is 1. The highest BCUT2D eigenvalue weighted by atomic mass is 19.1. The Hall–Kier alpha value is -3.19. The van der Waals surface area contributed by atoms with Gasteiger partial charge in [-0.3, -0.25) is 4.98 Å². The van der Waals surface area contributed by atoms with E-state index < -0.39 is 11.4 Å². The molecule has 0 bridgehead atoms. The zero-order valence-corrected chi connectivity index (χ0v) is 17.9. The van der Waals surface area contributed by atoms with Gasteiger partial charge in [0.25, 0.3) is 0 Å². The minimum absolute atomic E-state index is 0.280. The van der Waals surface area contributed by atoms with E-state index in [-0.39, 0.29) is 12.7 Å². The molecule has 6 nitrogen and oxygen atoms in total. The fraction of sp³-hybridized carbons (Fsp3) is 0.333. The number of hydrogen-bond acceptors (Lipinski definition) is 4. The van der Waals surface area contributed by atoms with E-state index in [1.54, 1.807) is 23.4 Å². The first-order chi connectivity index (χ1) is 14.8. The van der Waals surface area contributed by atoms with Crippen LogP contribution in [0.3, 0.4) is 0 Å². The third kappa shape index (κ3) is 4.32. The normalized spacial score (nSPS) is 14.6. The van der Waals surface area contributed by atoms with Crippen molar-refractivity contribution in [1.29, 1.82) is 0 Å². The second-order valence-corrected chi connectivity index (χ2v) is 8.66. The second-order valence-electron chi connectivity index (χ2n) is 8.66. The lowest BCUT2D eigenvalue weighted by molar-refractivity contribution is 0.0273. The van der Waals surface area contributed by atoms with Crippen LogP contribution in [0.4, 0.5) is 9.18 Å². The van der Waals surface area contributed by atoms with Crippen molar-refractivity contribution in [2.24, 2.45) is 0 Å². The van der Waals surface area contributed by atoms with Crippen molar-refractivity contribution in [1.82, 2.24) is 14.5 Å². The molecule has 7 heteroatoms. The van der Waals surface area contributed by atoms with E-state index >= 15 is 0 Å². The monoisotopic (exact) mass is 423 g/mol. The molecule has 1 aliphatic rings. The van der Waals surface area contributed by atoms with Gasteiger partial charge in [-0.1, -0.05) is 6.08 Å². The zero-order valence-electron chi connectivity index (χ0n) is 17.9. The molecule has 0 aliphatic carbocycles. The highest BCUT2D eigenvalue weighted by Crippen LogP contribution is 2.33. The van der Waals surface area contributed by atoms with Crippen molar-refractivity contribution in [3.63, 3.8) is 0 Å². The number of ether oxygens (including phenoxy) is 1. The molecular weight excluding hydrogens is 397 g/mol. The van der Waals surface area contributed by atoms with Gasteiger partial charge in [0.1, 0.15) is 11.4 Å². The van der Waals surface area contributed by atoms with Crippen molar-refractivity contribution in [3.8, 4) is 5.69 Å². The van der Waals surface area contributed by atoms with Crippen molar-refractivity contribution < 1.29 is 19.0 Å². The van der Waals surface area contributed by atoms with Crippen LogP contribution in [0.15, 0.2) is 48.9 Å². The summed E-state index contributed by atoms with van der Waals surface area (Å²) >= 11 is 0. The molecule has 0 fully saturated rings. The molecule has 31 heavy (non-hydrogen) atoms. The number of nitrogens with zero attached hydrogens (tertiary/aromatic N) is 3. The molecule has 1 amide bonds. The average molecular weight is 423 g/mol. The van der Waals surface area contributed by atoms with Gasteiger partial charge >= 0.3 is 6.09 Å². The number of carbonyl (C=O) groups excluding carboxylic acids is 1. The number of carbonyl (C=O) groups is 1. The predicted molar refractivity (Wildman–Crippen MR) is 117 cm³/mol. The first kappa shape index (κ1) is 21.1. The predicted octanol–water partition coefficient (Wildman–Crippen LogP) is 4.68. The van der Waals surface area contributed by atoms with Crippen LogP contribution < -0.4 is 0 Å². The molecule has 0 unspecified atom stereocenters. The molecular formula is C24H26FN3O3. The van der Waals surface area contributed by atoms with Crippen molar-refractivity contribution >= 4 is 22.6 Å². The Morgan fingerprint density at radius 1 is 1.29 bits per heavy atom. The molecule has 162 valence electrons. The van der Waals surface area contributed by atoms with Crippen molar-refractivity contribution in [2.75, 3.05) is 13.1 Å².